The van der Waals surface area contributed by atoms with E-state index < -0.39 is 0 Å². The molecule has 0 aliphatic carbocycles. The average Bonchev–Trinajstić information content (AvgIpc) is 1.81. The van der Waals surface area contributed by atoms with Gasteiger partial charge >= 0.3 is 0 Å². The Hall–Kier alpha value is -0.260. The summed E-state index contributed by atoms with van der Waals surface area (Å²) >= 11 is 0. The third kappa shape index (κ3) is 5.74. The molecule has 0 aliphatic rings. The summed E-state index contributed by atoms with van der Waals surface area (Å²) in [7, 11) is 0. The Kier molecular flexibility index (Phi) is 6.52. The van der Waals surface area contributed by atoms with Gasteiger partial charge in [-0.1, -0.05) is 32.4 Å². The van der Waals surface area contributed by atoms with Crippen molar-refractivity contribution in [3.8, 4) is 0 Å². The minimum absolute atomic E-state index is 1.06. The van der Waals surface area contributed by atoms with Crippen molar-refractivity contribution in [3.05, 3.63) is 19.1 Å². The number of hydrogen-bond acceptors (Lipinski definition) is 0. The van der Waals surface area contributed by atoms with E-state index in [-0.39, 0.29) is 0 Å². The predicted octanol–water partition coefficient (Wildman–Crippen LogP) is 2.96. The summed E-state index contributed by atoms with van der Waals surface area (Å²) in [6, 6.07) is 0. The number of hydrogen-bond donors (Lipinski definition) is 0. The van der Waals surface area contributed by atoms with Gasteiger partial charge in [0, 0.05) is 0 Å². The highest BCUT2D eigenvalue weighted by Gasteiger charge is 1.74. The van der Waals surface area contributed by atoms with Crippen molar-refractivity contribution >= 4 is 0 Å². The summed E-state index contributed by atoms with van der Waals surface area (Å²) in [6.07, 6.45) is 9.10. The largest absolute Gasteiger partial charge is 0.0888 e. The highest BCUT2D eigenvalue weighted by molar-refractivity contribution is 4.79. The molecule has 0 heterocycles. The van der Waals surface area contributed by atoms with Gasteiger partial charge in [0.15, 0.2) is 0 Å². The maximum Gasteiger partial charge on any atom is -0.0351 e. The van der Waals surface area contributed by atoms with Crippen molar-refractivity contribution in [3.63, 3.8) is 0 Å². The van der Waals surface area contributed by atoms with Crippen LogP contribution >= 0.6 is 0 Å². The first-order valence-corrected chi connectivity index (χ1v) is 3.36. The molecule has 0 nitrogen and oxygen atoms in total. The number of unbranched alkanes of at least 4 members (excludes halogenated alkanes) is 2. The van der Waals surface area contributed by atoms with E-state index >= 15 is 0 Å². The zero-order valence-corrected chi connectivity index (χ0v) is 5.69. The second-order valence-electron chi connectivity index (χ2n) is 1.88. The van der Waals surface area contributed by atoms with E-state index in [1.807, 2.05) is 0 Å². The molecule has 0 aromatic rings. The molecule has 8 heavy (non-hydrogen) atoms. The van der Waals surface area contributed by atoms with Crippen LogP contribution in [-0.4, -0.2) is 0 Å². The lowest BCUT2D eigenvalue weighted by atomic mass is 10.2. The van der Waals surface area contributed by atoms with E-state index in [0.717, 1.165) is 12.8 Å². The standard InChI is InChI=1S/C8H15/c1-3-5-7-8-6-4-2/h6,8H,1,3-5,7H2,2H3/b8-6-. The summed E-state index contributed by atoms with van der Waals surface area (Å²) in [5.74, 6) is 0. The molecule has 0 aliphatic heterocycles. The third-order valence-electron chi connectivity index (χ3n) is 1.02. The third-order valence-corrected chi connectivity index (χ3v) is 1.02. The fourth-order valence-electron chi connectivity index (χ4n) is 0.547. The summed E-state index contributed by atoms with van der Waals surface area (Å²) in [5, 5.41) is 0. The minimum atomic E-state index is 1.06. The lowest BCUT2D eigenvalue weighted by Gasteiger charge is -1.85. The first-order valence-electron chi connectivity index (χ1n) is 3.36. The van der Waals surface area contributed by atoms with Crippen LogP contribution in [0.2, 0.25) is 0 Å². The Morgan fingerprint density at radius 3 is 2.62 bits per heavy atom. The monoisotopic (exact) mass is 111 g/mol. The van der Waals surface area contributed by atoms with Crippen LogP contribution in [0.5, 0.6) is 0 Å². The topological polar surface area (TPSA) is 0 Å². The second kappa shape index (κ2) is 6.74. The van der Waals surface area contributed by atoms with Crippen molar-refractivity contribution in [2.45, 2.75) is 32.6 Å². The van der Waals surface area contributed by atoms with Crippen LogP contribution in [0.15, 0.2) is 12.2 Å². The molecule has 0 spiro atoms. The molecule has 0 aromatic heterocycles. The van der Waals surface area contributed by atoms with Crippen molar-refractivity contribution < 1.29 is 0 Å². The van der Waals surface area contributed by atoms with Crippen molar-refractivity contribution in [2.24, 2.45) is 0 Å². The fraction of sp³-hybridized carbons (Fsp3) is 0.625. The molecular weight excluding hydrogens is 96.1 g/mol. The van der Waals surface area contributed by atoms with Crippen LogP contribution in [0.1, 0.15) is 32.6 Å². The molecule has 0 saturated carbocycles. The van der Waals surface area contributed by atoms with Gasteiger partial charge < -0.3 is 0 Å². The molecular formula is C8H15. The van der Waals surface area contributed by atoms with E-state index in [4.69, 9.17) is 0 Å². The maximum absolute atomic E-state index is 3.75. The van der Waals surface area contributed by atoms with Crippen LogP contribution < -0.4 is 0 Å². The van der Waals surface area contributed by atoms with Gasteiger partial charge in [0.25, 0.3) is 0 Å². The van der Waals surface area contributed by atoms with E-state index in [0.29, 0.717) is 0 Å². The highest BCUT2D eigenvalue weighted by Crippen LogP contribution is 1.94. The Bertz CT molecular complexity index is 53.1. The first kappa shape index (κ1) is 7.74. The molecule has 47 valence electrons. The SMILES string of the molecule is [CH2]CCC/C=C\CC. The summed E-state index contributed by atoms with van der Waals surface area (Å²) in [4.78, 5) is 0. The normalized spacial score (nSPS) is 10.8. The van der Waals surface area contributed by atoms with Gasteiger partial charge in [0.1, 0.15) is 0 Å². The molecule has 0 fully saturated rings. The second-order valence-corrected chi connectivity index (χ2v) is 1.88. The first-order chi connectivity index (χ1) is 3.91. The molecule has 0 heteroatoms. The zero-order chi connectivity index (χ0) is 6.24. The lowest BCUT2D eigenvalue weighted by molar-refractivity contribution is 0.863. The smallest absolute Gasteiger partial charge is 0.0351 e. The Morgan fingerprint density at radius 2 is 2.12 bits per heavy atom. The van der Waals surface area contributed by atoms with E-state index in [1.54, 1.807) is 0 Å². The summed E-state index contributed by atoms with van der Waals surface area (Å²) < 4.78 is 0. The van der Waals surface area contributed by atoms with Gasteiger partial charge in [-0.05, 0) is 19.3 Å². The molecule has 0 N–H and O–H groups in total. The van der Waals surface area contributed by atoms with Crippen LogP contribution in [0.25, 0.3) is 0 Å². The van der Waals surface area contributed by atoms with Crippen LogP contribution in [0.3, 0.4) is 0 Å². The highest BCUT2D eigenvalue weighted by atomic mass is 13.8. The van der Waals surface area contributed by atoms with Gasteiger partial charge in [0.05, 0.1) is 0 Å². The zero-order valence-electron chi connectivity index (χ0n) is 5.69. The summed E-state index contributed by atoms with van der Waals surface area (Å²) in [6.45, 7) is 5.90. The maximum atomic E-state index is 3.75. The van der Waals surface area contributed by atoms with Gasteiger partial charge in [-0.2, -0.15) is 0 Å². The van der Waals surface area contributed by atoms with E-state index in [2.05, 4.69) is 26.0 Å². The molecule has 0 rings (SSSR count). The molecule has 0 aromatic carbocycles. The Morgan fingerprint density at radius 1 is 1.38 bits per heavy atom. The summed E-state index contributed by atoms with van der Waals surface area (Å²) in [5.41, 5.74) is 0. The predicted molar refractivity (Wildman–Crippen MR) is 38.6 cm³/mol. The molecule has 0 unspecified atom stereocenters. The number of allylic oxidation sites excluding steroid dienone is 2. The lowest BCUT2D eigenvalue weighted by Crippen LogP contribution is -1.65. The number of rotatable bonds is 4. The molecule has 0 saturated heterocycles. The average molecular weight is 111 g/mol. The van der Waals surface area contributed by atoms with E-state index in [1.165, 1.54) is 12.8 Å². The molecule has 0 amide bonds. The quantitative estimate of drug-likeness (QED) is 0.386. The van der Waals surface area contributed by atoms with Crippen molar-refractivity contribution in [1.29, 1.82) is 0 Å². The van der Waals surface area contributed by atoms with Crippen LogP contribution in [0.4, 0.5) is 0 Å². The fourth-order valence-corrected chi connectivity index (χ4v) is 0.547. The van der Waals surface area contributed by atoms with Crippen LogP contribution in [-0.2, 0) is 0 Å². The van der Waals surface area contributed by atoms with Gasteiger partial charge in [-0.15, -0.1) is 0 Å². The van der Waals surface area contributed by atoms with Crippen molar-refractivity contribution in [2.75, 3.05) is 0 Å². The Labute approximate surface area is 52.6 Å². The molecule has 1 radical (unpaired) electrons. The minimum Gasteiger partial charge on any atom is -0.0888 e. The van der Waals surface area contributed by atoms with Gasteiger partial charge in [-0.25, -0.2) is 0 Å². The van der Waals surface area contributed by atoms with Gasteiger partial charge in [-0.3, -0.25) is 0 Å². The Balaban J connectivity index is 2.80. The van der Waals surface area contributed by atoms with Gasteiger partial charge in [0.2, 0.25) is 0 Å². The van der Waals surface area contributed by atoms with E-state index in [9.17, 15) is 0 Å². The van der Waals surface area contributed by atoms with Crippen molar-refractivity contribution in [1.82, 2.24) is 0 Å². The van der Waals surface area contributed by atoms with Crippen LogP contribution in [0, 0.1) is 6.92 Å². The molecule has 0 atom stereocenters. The molecule has 0 bridgehead atoms.